The highest BCUT2D eigenvalue weighted by atomic mass is 16.5. The molecule has 5 nitrogen and oxygen atoms in total. The molecule has 0 aromatic heterocycles. The van der Waals surface area contributed by atoms with Gasteiger partial charge in [-0.3, -0.25) is 9.59 Å². The molecule has 20 heavy (non-hydrogen) atoms. The predicted molar refractivity (Wildman–Crippen MR) is 73.5 cm³/mol. The fourth-order valence-electron chi connectivity index (χ4n) is 2.07. The lowest BCUT2D eigenvalue weighted by molar-refractivity contribution is -0.131. The van der Waals surface area contributed by atoms with Gasteiger partial charge in [-0.15, -0.1) is 0 Å². The minimum absolute atomic E-state index is 0.0991. The number of phenolic OH excluding ortho intramolecular Hbond substituents is 1. The van der Waals surface area contributed by atoms with E-state index in [1.165, 1.54) is 27.0 Å². The third kappa shape index (κ3) is 2.30. The number of methoxy groups -OCH3 is 1. The van der Waals surface area contributed by atoms with Crippen molar-refractivity contribution in [1.29, 1.82) is 0 Å². The summed E-state index contributed by atoms with van der Waals surface area (Å²) in [4.78, 5) is 22.8. The van der Waals surface area contributed by atoms with Gasteiger partial charge >= 0.3 is 5.97 Å². The van der Waals surface area contributed by atoms with Gasteiger partial charge in [-0.05, 0) is 19.1 Å². The number of ketones is 1. The Balaban J connectivity index is 2.88. The van der Waals surface area contributed by atoms with Gasteiger partial charge in [-0.2, -0.15) is 0 Å². The highest BCUT2D eigenvalue weighted by molar-refractivity contribution is 6.08. The summed E-state index contributed by atoms with van der Waals surface area (Å²) in [5.41, 5.74) is 0.0991. The minimum atomic E-state index is -0.516. The highest BCUT2D eigenvalue weighted by Crippen LogP contribution is 2.41. The number of aromatic hydroxyl groups is 1. The van der Waals surface area contributed by atoms with E-state index in [0.29, 0.717) is 16.5 Å². The van der Waals surface area contributed by atoms with Crippen molar-refractivity contribution in [2.75, 3.05) is 7.11 Å². The van der Waals surface area contributed by atoms with Crippen molar-refractivity contribution < 1.29 is 24.2 Å². The quantitative estimate of drug-likeness (QED) is 0.529. The SMILES string of the molecule is COc1cccc2c(O)c(C(C)=O)cc(OC(C)=O)c12. The number of carbonyl (C=O) groups is 2. The zero-order chi connectivity index (χ0) is 14.9. The maximum absolute atomic E-state index is 11.6. The molecule has 0 heterocycles. The molecule has 0 unspecified atom stereocenters. The molecule has 0 aliphatic heterocycles. The fourth-order valence-corrected chi connectivity index (χ4v) is 2.07. The van der Waals surface area contributed by atoms with Crippen LogP contribution in [0.2, 0.25) is 0 Å². The Kier molecular flexibility index (Phi) is 3.61. The molecule has 2 aromatic carbocycles. The summed E-state index contributed by atoms with van der Waals surface area (Å²) in [6.07, 6.45) is 0. The van der Waals surface area contributed by atoms with Gasteiger partial charge in [0.15, 0.2) is 5.78 Å². The molecule has 0 fully saturated rings. The van der Waals surface area contributed by atoms with Gasteiger partial charge in [0.05, 0.1) is 18.1 Å². The van der Waals surface area contributed by atoms with Crippen molar-refractivity contribution in [3.8, 4) is 17.2 Å². The van der Waals surface area contributed by atoms with E-state index in [2.05, 4.69) is 0 Å². The Morgan fingerprint density at radius 1 is 1.15 bits per heavy atom. The molecule has 1 N–H and O–H groups in total. The van der Waals surface area contributed by atoms with Crippen molar-refractivity contribution in [3.05, 3.63) is 29.8 Å². The van der Waals surface area contributed by atoms with Gasteiger partial charge in [0.2, 0.25) is 0 Å². The van der Waals surface area contributed by atoms with Crippen LogP contribution in [0.5, 0.6) is 17.2 Å². The molecule has 0 bridgehead atoms. The fraction of sp³-hybridized carbons (Fsp3) is 0.200. The third-order valence-electron chi connectivity index (χ3n) is 2.91. The average Bonchev–Trinajstić information content (AvgIpc) is 2.40. The minimum Gasteiger partial charge on any atom is -0.507 e. The third-order valence-corrected chi connectivity index (χ3v) is 2.91. The summed E-state index contributed by atoms with van der Waals surface area (Å²) >= 11 is 0. The number of fused-ring (bicyclic) bond motifs is 1. The Morgan fingerprint density at radius 3 is 2.40 bits per heavy atom. The summed E-state index contributed by atoms with van der Waals surface area (Å²) in [7, 11) is 1.47. The first-order chi connectivity index (χ1) is 9.45. The number of phenols is 1. The number of hydrogen-bond donors (Lipinski definition) is 1. The maximum Gasteiger partial charge on any atom is 0.308 e. The summed E-state index contributed by atoms with van der Waals surface area (Å²) in [5.74, 6) is -0.350. The predicted octanol–water partition coefficient (Wildman–Crippen LogP) is 2.68. The van der Waals surface area contributed by atoms with Gasteiger partial charge in [0.1, 0.15) is 17.2 Å². The van der Waals surface area contributed by atoms with Crippen LogP contribution < -0.4 is 9.47 Å². The monoisotopic (exact) mass is 274 g/mol. The lowest BCUT2D eigenvalue weighted by Crippen LogP contribution is -2.04. The molecule has 0 radical (unpaired) electrons. The number of hydrogen-bond acceptors (Lipinski definition) is 5. The highest BCUT2D eigenvalue weighted by Gasteiger charge is 2.19. The summed E-state index contributed by atoms with van der Waals surface area (Å²) in [5, 5.41) is 11.0. The van der Waals surface area contributed by atoms with Crippen LogP contribution in [0.1, 0.15) is 24.2 Å². The van der Waals surface area contributed by atoms with Crippen LogP contribution in [-0.4, -0.2) is 24.0 Å². The number of ether oxygens (including phenoxy) is 2. The van der Waals surface area contributed by atoms with Crippen molar-refractivity contribution >= 4 is 22.5 Å². The van der Waals surface area contributed by atoms with Crippen LogP contribution in [0, 0.1) is 0 Å². The van der Waals surface area contributed by atoms with Crippen LogP contribution >= 0.6 is 0 Å². The molecule has 0 saturated carbocycles. The van der Waals surface area contributed by atoms with Crippen LogP contribution in [0.4, 0.5) is 0 Å². The first-order valence-corrected chi connectivity index (χ1v) is 5.97. The lowest BCUT2D eigenvalue weighted by Gasteiger charge is -2.13. The first kappa shape index (κ1) is 13.9. The molecule has 0 aliphatic rings. The smallest absolute Gasteiger partial charge is 0.308 e. The number of esters is 1. The van der Waals surface area contributed by atoms with E-state index < -0.39 is 5.97 Å². The molecule has 5 heteroatoms. The molecule has 2 aromatic rings. The Hall–Kier alpha value is -2.56. The molecular formula is C15H14O5. The van der Waals surface area contributed by atoms with E-state index >= 15 is 0 Å². The second kappa shape index (κ2) is 5.21. The van der Waals surface area contributed by atoms with Crippen LogP contribution in [0.15, 0.2) is 24.3 Å². The Labute approximate surface area is 115 Å². The molecule has 2 rings (SSSR count). The number of carbonyl (C=O) groups excluding carboxylic acids is 2. The van der Waals surface area contributed by atoms with Crippen LogP contribution in [0.25, 0.3) is 10.8 Å². The van der Waals surface area contributed by atoms with E-state index in [1.807, 2.05) is 0 Å². The standard InChI is InChI=1S/C15H14O5/c1-8(16)11-7-13(20-9(2)17)14-10(15(11)18)5-4-6-12(14)19-3/h4-7,18H,1-3H3. The summed E-state index contributed by atoms with van der Waals surface area (Å²) < 4.78 is 10.4. The number of benzene rings is 2. The van der Waals surface area contributed by atoms with Crippen molar-refractivity contribution in [2.45, 2.75) is 13.8 Å². The Bertz CT molecular complexity index is 703. The number of Topliss-reactive ketones (excluding diaryl/α,β-unsaturated/α-hetero) is 1. The zero-order valence-corrected chi connectivity index (χ0v) is 11.4. The topological polar surface area (TPSA) is 72.8 Å². The van der Waals surface area contributed by atoms with Gasteiger partial charge in [-0.25, -0.2) is 0 Å². The molecule has 0 saturated heterocycles. The van der Waals surface area contributed by atoms with Gasteiger partial charge in [-0.1, -0.05) is 12.1 Å². The average molecular weight is 274 g/mol. The maximum atomic E-state index is 11.6. The largest absolute Gasteiger partial charge is 0.507 e. The second-order valence-corrected chi connectivity index (χ2v) is 4.30. The van der Waals surface area contributed by atoms with Crippen molar-refractivity contribution in [1.82, 2.24) is 0 Å². The molecule has 0 amide bonds. The first-order valence-electron chi connectivity index (χ1n) is 5.97. The molecule has 0 atom stereocenters. The van der Waals surface area contributed by atoms with Gasteiger partial charge < -0.3 is 14.6 Å². The summed E-state index contributed by atoms with van der Waals surface area (Å²) in [6.45, 7) is 2.60. The number of rotatable bonds is 3. The molecule has 0 spiro atoms. The van der Waals surface area contributed by atoms with Crippen molar-refractivity contribution in [3.63, 3.8) is 0 Å². The van der Waals surface area contributed by atoms with Crippen LogP contribution in [0.3, 0.4) is 0 Å². The van der Waals surface area contributed by atoms with E-state index in [9.17, 15) is 14.7 Å². The lowest BCUT2D eigenvalue weighted by atomic mass is 10.0. The van der Waals surface area contributed by atoms with E-state index in [-0.39, 0.29) is 22.8 Å². The van der Waals surface area contributed by atoms with Crippen molar-refractivity contribution in [2.24, 2.45) is 0 Å². The van der Waals surface area contributed by atoms with Crippen LogP contribution in [-0.2, 0) is 4.79 Å². The molecule has 0 aliphatic carbocycles. The van der Waals surface area contributed by atoms with E-state index in [0.717, 1.165) is 0 Å². The summed E-state index contributed by atoms with van der Waals surface area (Å²) in [6, 6.07) is 6.35. The van der Waals surface area contributed by atoms with E-state index in [1.54, 1.807) is 18.2 Å². The van der Waals surface area contributed by atoms with Gasteiger partial charge in [0.25, 0.3) is 0 Å². The van der Waals surface area contributed by atoms with E-state index in [4.69, 9.17) is 9.47 Å². The Morgan fingerprint density at radius 2 is 1.85 bits per heavy atom. The second-order valence-electron chi connectivity index (χ2n) is 4.30. The molecular weight excluding hydrogens is 260 g/mol. The zero-order valence-electron chi connectivity index (χ0n) is 11.4. The van der Waals surface area contributed by atoms with Gasteiger partial charge in [0, 0.05) is 12.3 Å². The normalized spacial score (nSPS) is 10.3. The molecule has 104 valence electrons.